The maximum absolute atomic E-state index is 11.0. The normalized spacial score (nSPS) is 20.0. The molecular weight excluding hydrogens is 291 g/mol. The van der Waals surface area contributed by atoms with E-state index in [0.717, 1.165) is 25.9 Å². The molecule has 2 aliphatic heterocycles. The van der Waals surface area contributed by atoms with Crippen LogP contribution in [0.1, 0.15) is 41.9 Å². The van der Waals surface area contributed by atoms with Gasteiger partial charge in [-0.1, -0.05) is 0 Å². The fourth-order valence-electron chi connectivity index (χ4n) is 3.34. The van der Waals surface area contributed by atoms with Crippen molar-refractivity contribution in [3.8, 4) is 0 Å². The Kier molecular flexibility index (Phi) is 6.20. The zero-order valence-electron chi connectivity index (χ0n) is 13.4. The van der Waals surface area contributed by atoms with Crippen LogP contribution in [-0.4, -0.2) is 53.1 Å². The van der Waals surface area contributed by atoms with Crippen molar-refractivity contribution < 1.29 is 39.5 Å². The van der Waals surface area contributed by atoms with Crippen LogP contribution in [-0.2, 0) is 0 Å². The molecule has 0 unspecified atom stereocenters. The van der Waals surface area contributed by atoms with Gasteiger partial charge in [0.15, 0.2) is 0 Å². The second kappa shape index (κ2) is 7.73. The van der Waals surface area contributed by atoms with E-state index in [1.54, 1.807) is 6.92 Å². The van der Waals surface area contributed by atoms with E-state index < -0.39 is 5.97 Å². The summed E-state index contributed by atoms with van der Waals surface area (Å²) >= 11 is 0. The minimum atomic E-state index is -1.24. The molecule has 0 aromatic carbocycles. The summed E-state index contributed by atoms with van der Waals surface area (Å²) in [5, 5.41) is 11.0. The smallest absolute Gasteiger partial charge is 0.543 e. The van der Waals surface area contributed by atoms with E-state index >= 15 is 0 Å². The second-order valence-corrected chi connectivity index (χ2v) is 5.94. The molecule has 0 saturated carbocycles. The molecule has 0 radical (unpaired) electrons. The first-order valence-electron chi connectivity index (χ1n) is 7.69. The van der Waals surface area contributed by atoms with Gasteiger partial charge in [0.05, 0.1) is 11.7 Å². The van der Waals surface area contributed by atoms with Crippen LogP contribution >= 0.6 is 0 Å². The summed E-state index contributed by atoms with van der Waals surface area (Å²) in [4.78, 5) is 24.2. The van der Waals surface area contributed by atoms with Crippen molar-refractivity contribution in [2.24, 2.45) is 0 Å². The Balaban J connectivity index is 0.00000176. The van der Waals surface area contributed by atoms with Crippen molar-refractivity contribution in [2.75, 3.05) is 31.1 Å². The zero-order chi connectivity index (χ0) is 14.8. The third-order valence-corrected chi connectivity index (χ3v) is 4.46. The minimum absolute atomic E-state index is 0. The summed E-state index contributed by atoms with van der Waals surface area (Å²) in [5.41, 5.74) is 0.639. The number of carbonyl (C=O) groups is 1. The summed E-state index contributed by atoms with van der Waals surface area (Å²) in [6.07, 6.45) is 4.82. The molecule has 1 aromatic rings. The van der Waals surface area contributed by atoms with Crippen molar-refractivity contribution in [1.82, 2.24) is 14.9 Å². The van der Waals surface area contributed by atoms with Crippen LogP contribution in [0.5, 0.6) is 0 Å². The number of rotatable bonds is 3. The standard InChI is InChI=1S/C15H22N4O2.Na/c1-11-10-13(14(20)21)17-15(16-11)19-8-4-12(5-9-19)18-6-2-3-7-18;/h10,12H,2-9H2,1H3,(H,20,21);/q;+1/p-1. The number of carbonyl (C=O) groups excluding carboxylic acids is 1. The number of hydrogen-bond acceptors (Lipinski definition) is 6. The summed E-state index contributed by atoms with van der Waals surface area (Å²) < 4.78 is 0. The van der Waals surface area contributed by atoms with Crippen LogP contribution in [0.25, 0.3) is 0 Å². The Morgan fingerprint density at radius 2 is 1.82 bits per heavy atom. The molecule has 22 heavy (non-hydrogen) atoms. The van der Waals surface area contributed by atoms with Gasteiger partial charge in [0, 0.05) is 24.8 Å². The Labute approximate surface area is 153 Å². The summed E-state index contributed by atoms with van der Waals surface area (Å²) in [6.45, 7) is 6.00. The molecule has 7 heteroatoms. The van der Waals surface area contributed by atoms with Crippen molar-refractivity contribution in [2.45, 2.75) is 38.6 Å². The molecule has 2 saturated heterocycles. The Bertz CT molecular complexity index is 526. The first kappa shape index (κ1) is 17.7. The molecule has 114 valence electrons. The van der Waals surface area contributed by atoms with Crippen molar-refractivity contribution in [3.05, 3.63) is 17.5 Å². The molecule has 0 spiro atoms. The molecule has 0 N–H and O–H groups in total. The molecule has 6 nitrogen and oxygen atoms in total. The Morgan fingerprint density at radius 3 is 2.41 bits per heavy atom. The van der Waals surface area contributed by atoms with Gasteiger partial charge in [-0.25, -0.2) is 9.97 Å². The maximum atomic E-state index is 11.0. The second-order valence-electron chi connectivity index (χ2n) is 5.94. The number of anilines is 1. The van der Waals surface area contributed by atoms with Crippen LogP contribution < -0.4 is 39.6 Å². The number of piperidine rings is 1. The zero-order valence-corrected chi connectivity index (χ0v) is 15.4. The van der Waals surface area contributed by atoms with Gasteiger partial charge in [0.2, 0.25) is 5.95 Å². The molecular formula is C15H21N4NaO2. The molecule has 2 fully saturated rings. The largest absolute Gasteiger partial charge is 1.00 e. The molecule has 3 rings (SSSR count). The Morgan fingerprint density at radius 1 is 1.18 bits per heavy atom. The number of aromatic nitrogens is 2. The summed E-state index contributed by atoms with van der Waals surface area (Å²) in [5.74, 6) is -0.720. The predicted molar refractivity (Wildman–Crippen MR) is 77.1 cm³/mol. The first-order chi connectivity index (χ1) is 10.1. The van der Waals surface area contributed by atoms with E-state index in [0.29, 0.717) is 17.7 Å². The van der Waals surface area contributed by atoms with Gasteiger partial charge < -0.3 is 19.7 Å². The van der Waals surface area contributed by atoms with Gasteiger partial charge >= 0.3 is 29.6 Å². The van der Waals surface area contributed by atoms with Crippen molar-refractivity contribution >= 4 is 11.9 Å². The van der Waals surface area contributed by atoms with E-state index in [-0.39, 0.29) is 35.3 Å². The predicted octanol–water partition coefficient (Wildman–Crippen LogP) is -2.78. The topological polar surface area (TPSA) is 72.4 Å². The van der Waals surface area contributed by atoms with Crippen LogP contribution in [0.3, 0.4) is 0 Å². The van der Waals surface area contributed by atoms with E-state index in [1.807, 2.05) is 0 Å². The van der Waals surface area contributed by atoms with E-state index in [1.165, 1.54) is 32.0 Å². The van der Waals surface area contributed by atoms with Crippen LogP contribution in [0, 0.1) is 6.92 Å². The van der Waals surface area contributed by atoms with Gasteiger partial charge in [-0.2, -0.15) is 0 Å². The van der Waals surface area contributed by atoms with Crippen LogP contribution in [0.2, 0.25) is 0 Å². The third-order valence-electron chi connectivity index (χ3n) is 4.46. The molecule has 0 bridgehead atoms. The number of carboxylic acid groups (broad SMARTS) is 1. The molecule has 0 atom stereocenters. The van der Waals surface area contributed by atoms with Gasteiger partial charge in [-0.3, -0.25) is 0 Å². The molecule has 0 amide bonds. The number of carboxylic acids is 1. The van der Waals surface area contributed by atoms with Crippen LogP contribution in [0.4, 0.5) is 5.95 Å². The average Bonchev–Trinajstić information content (AvgIpc) is 3.01. The quantitative estimate of drug-likeness (QED) is 0.562. The third kappa shape index (κ3) is 3.98. The Hall–Kier alpha value is -0.690. The molecule has 0 aliphatic carbocycles. The average molecular weight is 312 g/mol. The van der Waals surface area contributed by atoms with Gasteiger partial charge in [0.1, 0.15) is 0 Å². The van der Waals surface area contributed by atoms with Crippen molar-refractivity contribution in [3.63, 3.8) is 0 Å². The van der Waals surface area contributed by atoms with Crippen LogP contribution in [0.15, 0.2) is 6.07 Å². The number of hydrogen-bond donors (Lipinski definition) is 0. The fourth-order valence-corrected chi connectivity index (χ4v) is 3.34. The molecule has 3 heterocycles. The molecule has 2 aliphatic rings. The SMILES string of the molecule is Cc1cc(C(=O)[O-])nc(N2CCC(N3CCCC3)CC2)n1.[Na+]. The maximum Gasteiger partial charge on any atom is 1.00 e. The minimum Gasteiger partial charge on any atom is -0.543 e. The summed E-state index contributed by atoms with van der Waals surface area (Å²) in [7, 11) is 0. The van der Waals surface area contributed by atoms with Gasteiger partial charge in [0.25, 0.3) is 0 Å². The van der Waals surface area contributed by atoms with E-state index in [4.69, 9.17) is 0 Å². The number of likely N-dealkylation sites (tertiary alicyclic amines) is 1. The van der Waals surface area contributed by atoms with Gasteiger partial charge in [-0.15, -0.1) is 0 Å². The monoisotopic (exact) mass is 312 g/mol. The molecule has 1 aromatic heterocycles. The number of aryl methyl sites for hydroxylation is 1. The number of aromatic carboxylic acids is 1. The van der Waals surface area contributed by atoms with Gasteiger partial charge in [-0.05, 0) is 51.8 Å². The summed E-state index contributed by atoms with van der Waals surface area (Å²) in [6, 6.07) is 2.12. The first-order valence-corrected chi connectivity index (χ1v) is 7.69. The number of nitrogens with zero attached hydrogens (tertiary/aromatic N) is 4. The van der Waals surface area contributed by atoms with E-state index in [2.05, 4.69) is 19.8 Å². The van der Waals surface area contributed by atoms with Crippen molar-refractivity contribution in [1.29, 1.82) is 0 Å². The fraction of sp³-hybridized carbons (Fsp3) is 0.667. The van der Waals surface area contributed by atoms with E-state index in [9.17, 15) is 9.90 Å².